The molecule has 8 nitrogen and oxygen atoms in total. The van der Waals surface area contributed by atoms with E-state index >= 15 is 0 Å². The molecule has 7 rings (SSSR count). The molecule has 0 spiro atoms. The zero-order valence-corrected chi connectivity index (χ0v) is 15.2. The number of likely N-dealkylation sites (tertiary alicyclic amines) is 1. The summed E-state index contributed by atoms with van der Waals surface area (Å²) in [7, 11) is 0. The first kappa shape index (κ1) is 16.4. The van der Waals surface area contributed by atoms with Gasteiger partial charge in [0.2, 0.25) is 17.7 Å². The topological polar surface area (TPSA) is 114 Å². The molecule has 7 unspecified atom stereocenters. The van der Waals surface area contributed by atoms with Gasteiger partial charge >= 0.3 is 0 Å². The first-order chi connectivity index (χ1) is 12.9. The highest BCUT2D eigenvalue weighted by Crippen LogP contribution is 2.49. The van der Waals surface area contributed by atoms with Crippen LogP contribution < -0.4 is 16.4 Å². The van der Waals surface area contributed by atoms with Crippen LogP contribution in [0.15, 0.2) is 0 Å². The van der Waals surface area contributed by atoms with Gasteiger partial charge in [0.05, 0.1) is 29.7 Å². The Morgan fingerprint density at radius 3 is 2.56 bits per heavy atom. The zero-order chi connectivity index (χ0) is 18.5. The lowest BCUT2D eigenvalue weighted by molar-refractivity contribution is -0.147. The van der Waals surface area contributed by atoms with Gasteiger partial charge in [0.25, 0.3) is 0 Å². The SMILES string of the molecule is NC1CC2OC1C1C(=O)N(CC(=O)NC34C[C@@H]5CC(C[C@@H](C5)C3)N4)C(=O)C21. The molecule has 5 heterocycles. The smallest absolute Gasteiger partial charge is 0.241 e. The van der Waals surface area contributed by atoms with E-state index in [1.165, 1.54) is 19.3 Å². The third-order valence-corrected chi connectivity index (χ3v) is 7.84. The monoisotopic (exact) mass is 374 g/mol. The predicted molar refractivity (Wildman–Crippen MR) is 92.8 cm³/mol. The Kier molecular flexibility index (Phi) is 3.23. The minimum absolute atomic E-state index is 0.192. The summed E-state index contributed by atoms with van der Waals surface area (Å²) in [5.74, 6) is -0.409. The van der Waals surface area contributed by atoms with Crippen LogP contribution in [0.2, 0.25) is 0 Å². The Hall–Kier alpha value is -1.51. The third-order valence-electron chi connectivity index (χ3n) is 7.84. The molecule has 5 saturated heterocycles. The molecule has 7 fully saturated rings. The van der Waals surface area contributed by atoms with Gasteiger partial charge in [-0.05, 0) is 50.4 Å². The van der Waals surface area contributed by atoms with Crippen LogP contribution >= 0.6 is 0 Å². The van der Waals surface area contributed by atoms with E-state index in [0.29, 0.717) is 24.3 Å². The number of nitrogens with one attached hydrogen (secondary N) is 2. The summed E-state index contributed by atoms with van der Waals surface area (Å²) in [6.45, 7) is -0.192. The molecule has 0 radical (unpaired) electrons. The van der Waals surface area contributed by atoms with Gasteiger partial charge in [-0.3, -0.25) is 24.6 Å². The highest BCUT2D eigenvalue weighted by Gasteiger charge is 2.65. The van der Waals surface area contributed by atoms with Gasteiger partial charge in [-0.15, -0.1) is 0 Å². The van der Waals surface area contributed by atoms with Crippen molar-refractivity contribution in [3.63, 3.8) is 0 Å². The number of imide groups is 1. The summed E-state index contributed by atoms with van der Waals surface area (Å²) in [6.07, 6.45) is 5.52. The number of hydrogen-bond acceptors (Lipinski definition) is 6. The molecule has 5 aliphatic heterocycles. The molecule has 9 atom stereocenters. The van der Waals surface area contributed by atoms with Crippen molar-refractivity contribution in [1.82, 2.24) is 15.5 Å². The lowest BCUT2D eigenvalue weighted by Crippen LogP contribution is -2.71. The molecule has 3 amide bonds. The molecule has 8 heteroatoms. The van der Waals surface area contributed by atoms with Crippen molar-refractivity contribution in [2.75, 3.05) is 6.54 Å². The van der Waals surface area contributed by atoms with Crippen molar-refractivity contribution in [3.8, 4) is 0 Å². The minimum atomic E-state index is -0.503. The molecule has 2 saturated carbocycles. The van der Waals surface area contributed by atoms with Crippen molar-refractivity contribution in [2.45, 2.75) is 68.5 Å². The number of amides is 3. The standard InChI is InChI=1S/C19H26N4O4/c20-11-4-12-14-15(16(11)27-12)18(26)23(17(14)25)7-13(24)22-19-5-8-1-9(6-19)3-10(2-8)21-19/h8-12,14-16,21H,1-7,20H2,(H,22,24)/t8-,9+,10?,11?,12?,14?,15?,16?,19?. The average molecular weight is 374 g/mol. The van der Waals surface area contributed by atoms with E-state index in [-0.39, 0.29) is 48.2 Å². The molecule has 0 aromatic carbocycles. The number of nitrogens with two attached hydrogens (primary N) is 1. The molecule has 146 valence electrons. The summed E-state index contributed by atoms with van der Waals surface area (Å²) >= 11 is 0. The van der Waals surface area contributed by atoms with Crippen molar-refractivity contribution < 1.29 is 19.1 Å². The molecule has 4 N–H and O–H groups in total. The Morgan fingerprint density at radius 2 is 1.85 bits per heavy atom. The quantitative estimate of drug-likeness (QED) is 0.551. The molecular formula is C19H26N4O4. The maximum Gasteiger partial charge on any atom is 0.241 e. The fraction of sp³-hybridized carbons (Fsp3) is 0.842. The second kappa shape index (κ2) is 5.30. The second-order valence-electron chi connectivity index (χ2n) is 9.67. The van der Waals surface area contributed by atoms with E-state index in [4.69, 9.17) is 10.5 Å². The van der Waals surface area contributed by atoms with Gasteiger partial charge < -0.3 is 15.8 Å². The minimum Gasteiger partial charge on any atom is -0.372 e. The Morgan fingerprint density at radius 1 is 1.15 bits per heavy atom. The van der Waals surface area contributed by atoms with Crippen LogP contribution in [0.25, 0.3) is 0 Å². The molecule has 0 aromatic heterocycles. The summed E-state index contributed by atoms with van der Waals surface area (Å²) < 4.78 is 5.73. The molecule has 0 aromatic rings. The maximum absolute atomic E-state index is 12.8. The maximum atomic E-state index is 12.8. The van der Waals surface area contributed by atoms with Crippen LogP contribution in [0.4, 0.5) is 0 Å². The largest absolute Gasteiger partial charge is 0.372 e. The van der Waals surface area contributed by atoms with E-state index in [1.54, 1.807) is 0 Å². The lowest BCUT2D eigenvalue weighted by atomic mass is 9.62. The van der Waals surface area contributed by atoms with Crippen LogP contribution in [0.1, 0.15) is 38.5 Å². The average Bonchev–Trinajstić information content (AvgIpc) is 3.20. The van der Waals surface area contributed by atoms with Crippen molar-refractivity contribution in [2.24, 2.45) is 29.4 Å². The first-order valence-electron chi connectivity index (χ1n) is 10.3. The van der Waals surface area contributed by atoms with Crippen LogP contribution in [0.5, 0.6) is 0 Å². The predicted octanol–water partition coefficient (Wildman–Crippen LogP) is -0.920. The van der Waals surface area contributed by atoms with Gasteiger partial charge in [-0.25, -0.2) is 0 Å². The van der Waals surface area contributed by atoms with Gasteiger partial charge in [0.15, 0.2) is 0 Å². The molecular weight excluding hydrogens is 348 g/mol. The van der Waals surface area contributed by atoms with Gasteiger partial charge in [0, 0.05) is 12.1 Å². The second-order valence-corrected chi connectivity index (χ2v) is 9.67. The zero-order valence-electron chi connectivity index (χ0n) is 15.2. The Balaban J connectivity index is 1.16. The van der Waals surface area contributed by atoms with Crippen LogP contribution in [-0.4, -0.2) is 59.1 Å². The molecule has 27 heavy (non-hydrogen) atoms. The third kappa shape index (κ3) is 2.23. The Labute approximate surface area is 157 Å². The highest BCUT2D eigenvalue weighted by molar-refractivity contribution is 6.08. The summed E-state index contributed by atoms with van der Waals surface area (Å²) in [5, 5.41) is 6.77. The Bertz CT molecular complexity index is 704. The van der Waals surface area contributed by atoms with Gasteiger partial charge in [0.1, 0.15) is 6.54 Å². The summed E-state index contributed by atoms with van der Waals surface area (Å²) in [6, 6.07) is 0.290. The first-order valence-corrected chi connectivity index (χ1v) is 10.3. The number of fused-ring (bicyclic) bond motifs is 5. The number of piperidine rings is 2. The van der Waals surface area contributed by atoms with E-state index in [9.17, 15) is 14.4 Å². The highest BCUT2D eigenvalue weighted by atomic mass is 16.5. The fourth-order valence-corrected chi connectivity index (χ4v) is 7.19. The fourth-order valence-electron chi connectivity index (χ4n) is 7.19. The van der Waals surface area contributed by atoms with Gasteiger partial charge in [-0.1, -0.05) is 0 Å². The van der Waals surface area contributed by atoms with Crippen LogP contribution in [0, 0.1) is 23.7 Å². The lowest BCUT2D eigenvalue weighted by Gasteiger charge is -2.57. The van der Waals surface area contributed by atoms with Gasteiger partial charge in [-0.2, -0.15) is 0 Å². The molecule has 6 bridgehead atoms. The number of carbonyl (C=O) groups excluding carboxylic acids is 3. The van der Waals surface area contributed by atoms with Crippen molar-refractivity contribution in [1.29, 1.82) is 0 Å². The number of hydrogen-bond donors (Lipinski definition) is 3. The summed E-state index contributed by atoms with van der Waals surface area (Å²) in [5.41, 5.74) is 5.68. The van der Waals surface area contributed by atoms with Crippen LogP contribution in [-0.2, 0) is 19.1 Å². The van der Waals surface area contributed by atoms with E-state index in [1.807, 2.05) is 0 Å². The van der Waals surface area contributed by atoms with Crippen molar-refractivity contribution >= 4 is 17.7 Å². The summed E-state index contributed by atoms with van der Waals surface area (Å²) in [4.78, 5) is 39.5. The van der Waals surface area contributed by atoms with Crippen LogP contribution in [0.3, 0.4) is 0 Å². The van der Waals surface area contributed by atoms with E-state index in [2.05, 4.69) is 10.6 Å². The van der Waals surface area contributed by atoms with E-state index < -0.39 is 11.8 Å². The van der Waals surface area contributed by atoms with Crippen molar-refractivity contribution in [3.05, 3.63) is 0 Å². The number of carbonyl (C=O) groups is 3. The number of nitrogens with zero attached hydrogens (tertiary/aromatic N) is 1. The van der Waals surface area contributed by atoms with E-state index in [0.717, 1.165) is 17.7 Å². The number of ether oxygens (including phenoxy) is 1. The normalized spacial score (nSPS) is 52.0. The molecule has 7 aliphatic rings. The number of rotatable bonds is 3. The molecule has 2 aliphatic carbocycles.